The highest BCUT2D eigenvalue weighted by Gasteiger charge is 1.92. The molecule has 0 heteroatoms. The summed E-state index contributed by atoms with van der Waals surface area (Å²) in [7, 11) is 0. The molecule has 1 rings (SSSR count). The van der Waals surface area contributed by atoms with Gasteiger partial charge in [0.1, 0.15) is 0 Å². The molecule has 0 radical (unpaired) electrons. The van der Waals surface area contributed by atoms with E-state index in [0.29, 0.717) is 0 Å². The summed E-state index contributed by atoms with van der Waals surface area (Å²) in [5.74, 6) is 0. The standard InChI is InChI=1S/C13H16.C2H2/c1-3-5-9-12(4-2)13-10-7-6-8-11-13;1-2/h4-11H,3H2,1-2H3;1-2H/b9-5-,12-4+;. The zero-order valence-electron chi connectivity index (χ0n) is 9.48. The van der Waals surface area contributed by atoms with Crippen LogP contribution in [0.5, 0.6) is 0 Å². The fourth-order valence-corrected chi connectivity index (χ4v) is 1.23. The van der Waals surface area contributed by atoms with Crippen LogP contribution in [-0.4, -0.2) is 0 Å². The Bertz CT molecular complexity index is 326. The highest BCUT2D eigenvalue weighted by molar-refractivity contribution is 5.73. The third-order valence-electron chi connectivity index (χ3n) is 1.95. The van der Waals surface area contributed by atoms with Crippen molar-refractivity contribution in [2.24, 2.45) is 0 Å². The Labute approximate surface area is 93.3 Å². The normalized spacial score (nSPS) is 10.8. The number of rotatable bonds is 3. The predicted octanol–water partition coefficient (Wildman–Crippen LogP) is 4.31. The van der Waals surface area contributed by atoms with Gasteiger partial charge in [-0.05, 0) is 24.5 Å². The first-order valence-electron chi connectivity index (χ1n) is 5.10. The molecule has 0 nitrogen and oxygen atoms in total. The minimum absolute atomic E-state index is 1.09. The summed E-state index contributed by atoms with van der Waals surface area (Å²) >= 11 is 0. The summed E-state index contributed by atoms with van der Waals surface area (Å²) in [6.45, 7) is 4.22. The van der Waals surface area contributed by atoms with Crippen molar-refractivity contribution in [3.8, 4) is 12.8 Å². The minimum Gasteiger partial charge on any atom is -0.124 e. The van der Waals surface area contributed by atoms with Crippen LogP contribution in [0.15, 0.2) is 48.6 Å². The molecule has 1 aromatic rings. The molecule has 0 amide bonds. The fourth-order valence-electron chi connectivity index (χ4n) is 1.23. The van der Waals surface area contributed by atoms with Crippen molar-refractivity contribution in [1.29, 1.82) is 0 Å². The number of hydrogen-bond acceptors (Lipinski definition) is 0. The third kappa shape index (κ3) is 4.88. The highest BCUT2D eigenvalue weighted by Crippen LogP contribution is 2.14. The van der Waals surface area contributed by atoms with Crippen LogP contribution in [0.25, 0.3) is 5.57 Å². The number of hydrogen-bond donors (Lipinski definition) is 0. The number of allylic oxidation sites excluding steroid dienone is 4. The largest absolute Gasteiger partial charge is 0.124 e. The third-order valence-corrected chi connectivity index (χ3v) is 1.95. The van der Waals surface area contributed by atoms with Gasteiger partial charge >= 0.3 is 0 Å². The van der Waals surface area contributed by atoms with Crippen molar-refractivity contribution in [3.05, 3.63) is 54.1 Å². The van der Waals surface area contributed by atoms with Gasteiger partial charge in [-0.15, -0.1) is 12.8 Å². The lowest BCUT2D eigenvalue weighted by Crippen LogP contribution is -1.78. The lowest BCUT2D eigenvalue weighted by Gasteiger charge is -2.00. The Kier molecular flexibility index (Phi) is 7.82. The van der Waals surface area contributed by atoms with Gasteiger partial charge in [0.25, 0.3) is 0 Å². The van der Waals surface area contributed by atoms with E-state index in [1.54, 1.807) is 0 Å². The summed E-state index contributed by atoms with van der Waals surface area (Å²) in [6, 6.07) is 10.4. The summed E-state index contributed by atoms with van der Waals surface area (Å²) < 4.78 is 0. The van der Waals surface area contributed by atoms with Crippen molar-refractivity contribution < 1.29 is 0 Å². The first-order valence-corrected chi connectivity index (χ1v) is 5.10. The molecule has 0 aromatic heterocycles. The first-order chi connectivity index (χ1) is 7.38. The summed E-state index contributed by atoms with van der Waals surface area (Å²) in [5.41, 5.74) is 2.58. The molecule has 0 aliphatic rings. The van der Waals surface area contributed by atoms with Gasteiger partial charge in [0.05, 0.1) is 0 Å². The van der Waals surface area contributed by atoms with Gasteiger partial charge in [-0.1, -0.05) is 55.5 Å². The Morgan fingerprint density at radius 1 is 1.20 bits per heavy atom. The van der Waals surface area contributed by atoms with E-state index < -0.39 is 0 Å². The summed E-state index contributed by atoms with van der Waals surface area (Å²) in [4.78, 5) is 0. The van der Waals surface area contributed by atoms with Gasteiger partial charge in [-0.25, -0.2) is 0 Å². The topological polar surface area (TPSA) is 0 Å². The minimum atomic E-state index is 1.09. The summed E-state index contributed by atoms with van der Waals surface area (Å²) in [5, 5.41) is 0. The van der Waals surface area contributed by atoms with E-state index in [2.05, 4.69) is 69.2 Å². The van der Waals surface area contributed by atoms with Crippen LogP contribution in [0.3, 0.4) is 0 Å². The maximum absolute atomic E-state index is 4.00. The molecule has 0 unspecified atom stereocenters. The molecule has 15 heavy (non-hydrogen) atoms. The maximum atomic E-state index is 4.00. The molecular weight excluding hydrogens is 180 g/mol. The predicted molar refractivity (Wildman–Crippen MR) is 69.4 cm³/mol. The van der Waals surface area contributed by atoms with Crippen LogP contribution in [-0.2, 0) is 0 Å². The lowest BCUT2D eigenvalue weighted by atomic mass is 10.1. The van der Waals surface area contributed by atoms with E-state index in [4.69, 9.17) is 0 Å². The quantitative estimate of drug-likeness (QED) is 0.501. The smallest absolute Gasteiger partial charge is 0.0187 e. The second-order valence-corrected chi connectivity index (χ2v) is 2.92. The maximum Gasteiger partial charge on any atom is -0.0187 e. The Hall–Kier alpha value is -1.74. The molecule has 78 valence electrons. The van der Waals surface area contributed by atoms with Crippen molar-refractivity contribution in [3.63, 3.8) is 0 Å². The zero-order valence-corrected chi connectivity index (χ0v) is 9.48. The lowest BCUT2D eigenvalue weighted by molar-refractivity contribution is 1.22. The van der Waals surface area contributed by atoms with E-state index >= 15 is 0 Å². The Morgan fingerprint density at radius 3 is 2.27 bits per heavy atom. The first kappa shape index (κ1) is 13.3. The van der Waals surface area contributed by atoms with Crippen LogP contribution >= 0.6 is 0 Å². The van der Waals surface area contributed by atoms with Crippen molar-refractivity contribution in [2.75, 3.05) is 0 Å². The molecule has 0 spiro atoms. The molecule has 0 saturated heterocycles. The van der Waals surface area contributed by atoms with Crippen molar-refractivity contribution >= 4 is 5.57 Å². The molecule has 0 heterocycles. The number of benzene rings is 1. The average Bonchev–Trinajstić information content (AvgIpc) is 2.34. The van der Waals surface area contributed by atoms with Crippen LogP contribution in [0.2, 0.25) is 0 Å². The highest BCUT2D eigenvalue weighted by atomic mass is 14.0. The second-order valence-electron chi connectivity index (χ2n) is 2.92. The summed E-state index contributed by atoms with van der Waals surface area (Å²) in [6.07, 6.45) is 15.6. The van der Waals surface area contributed by atoms with Crippen molar-refractivity contribution in [1.82, 2.24) is 0 Å². The van der Waals surface area contributed by atoms with Crippen LogP contribution in [0.4, 0.5) is 0 Å². The Balaban J connectivity index is 0.000000921. The molecule has 0 N–H and O–H groups in total. The number of terminal acetylenes is 1. The van der Waals surface area contributed by atoms with Gasteiger partial charge in [-0.3, -0.25) is 0 Å². The van der Waals surface area contributed by atoms with E-state index in [0.717, 1.165) is 6.42 Å². The van der Waals surface area contributed by atoms with Gasteiger partial charge in [-0.2, -0.15) is 0 Å². The van der Waals surface area contributed by atoms with Crippen LogP contribution < -0.4 is 0 Å². The van der Waals surface area contributed by atoms with Crippen LogP contribution in [0, 0.1) is 12.8 Å². The van der Waals surface area contributed by atoms with Gasteiger partial charge in [0.2, 0.25) is 0 Å². The zero-order chi connectivity index (χ0) is 11.5. The average molecular weight is 198 g/mol. The molecule has 1 aromatic carbocycles. The van der Waals surface area contributed by atoms with Crippen molar-refractivity contribution in [2.45, 2.75) is 20.3 Å². The monoisotopic (exact) mass is 198 g/mol. The molecular formula is C15H18. The van der Waals surface area contributed by atoms with E-state index in [1.165, 1.54) is 11.1 Å². The van der Waals surface area contributed by atoms with Crippen LogP contribution in [0.1, 0.15) is 25.8 Å². The van der Waals surface area contributed by atoms with Gasteiger partial charge in [0.15, 0.2) is 0 Å². The van der Waals surface area contributed by atoms with E-state index in [9.17, 15) is 0 Å². The molecule has 0 bridgehead atoms. The van der Waals surface area contributed by atoms with E-state index in [-0.39, 0.29) is 0 Å². The molecule has 0 fully saturated rings. The van der Waals surface area contributed by atoms with E-state index in [1.807, 2.05) is 6.07 Å². The Morgan fingerprint density at radius 2 is 1.80 bits per heavy atom. The molecule has 0 saturated carbocycles. The van der Waals surface area contributed by atoms with Gasteiger partial charge in [0, 0.05) is 0 Å². The molecule has 0 aliphatic carbocycles. The molecule has 0 aliphatic heterocycles. The fraction of sp³-hybridized carbons (Fsp3) is 0.200. The van der Waals surface area contributed by atoms with Gasteiger partial charge < -0.3 is 0 Å². The SMILES string of the molecule is C#C.C/C=C(\C=C/CC)c1ccccc1. The molecule has 0 atom stereocenters. The second kappa shape index (κ2) is 8.84.